The van der Waals surface area contributed by atoms with Crippen molar-refractivity contribution < 1.29 is 4.74 Å². The molecule has 16 heavy (non-hydrogen) atoms. The van der Waals surface area contributed by atoms with Crippen LogP contribution in [0.4, 0.5) is 5.13 Å². The molecule has 0 amide bonds. The minimum atomic E-state index is -0.213. The second kappa shape index (κ2) is 4.67. The molecule has 1 aromatic carbocycles. The molecule has 2 aromatic rings. The third-order valence-corrected chi connectivity index (χ3v) is 3.17. The van der Waals surface area contributed by atoms with Crippen LogP contribution in [0.1, 0.15) is 18.0 Å². The zero-order valence-corrected chi connectivity index (χ0v) is 10.1. The minimum Gasteiger partial charge on any atom is -0.482 e. The summed E-state index contributed by atoms with van der Waals surface area (Å²) in [5.41, 5.74) is 5.50. The fourth-order valence-electron chi connectivity index (χ4n) is 1.19. The van der Waals surface area contributed by atoms with Crippen LogP contribution in [0.2, 0.25) is 5.02 Å². The van der Waals surface area contributed by atoms with Gasteiger partial charge in [0.1, 0.15) is 11.9 Å². The molecule has 0 radical (unpaired) electrons. The van der Waals surface area contributed by atoms with Crippen LogP contribution in [0.25, 0.3) is 0 Å². The van der Waals surface area contributed by atoms with E-state index in [0.717, 1.165) is 5.01 Å². The number of aromatic nitrogens is 2. The van der Waals surface area contributed by atoms with E-state index in [4.69, 9.17) is 22.1 Å². The minimum absolute atomic E-state index is 0.213. The number of benzene rings is 1. The van der Waals surface area contributed by atoms with Crippen molar-refractivity contribution in [2.24, 2.45) is 0 Å². The molecule has 0 saturated heterocycles. The number of para-hydroxylation sites is 1. The molecule has 2 rings (SSSR count). The van der Waals surface area contributed by atoms with Crippen molar-refractivity contribution >= 4 is 28.1 Å². The molecular formula is C10H10ClN3OS. The largest absolute Gasteiger partial charge is 0.482 e. The van der Waals surface area contributed by atoms with Crippen molar-refractivity contribution in [3.63, 3.8) is 0 Å². The van der Waals surface area contributed by atoms with Crippen LogP contribution in [0, 0.1) is 0 Å². The quantitative estimate of drug-likeness (QED) is 0.916. The van der Waals surface area contributed by atoms with Crippen molar-refractivity contribution in [1.82, 2.24) is 10.2 Å². The van der Waals surface area contributed by atoms with E-state index in [9.17, 15) is 0 Å². The monoisotopic (exact) mass is 255 g/mol. The average Bonchev–Trinajstić information content (AvgIpc) is 2.68. The Hall–Kier alpha value is -1.33. The number of anilines is 1. The molecule has 0 aliphatic carbocycles. The van der Waals surface area contributed by atoms with E-state index in [0.29, 0.717) is 15.9 Å². The molecule has 4 nitrogen and oxygen atoms in total. The van der Waals surface area contributed by atoms with Crippen LogP contribution >= 0.6 is 22.9 Å². The summed E-state index contributed by atoms with van der Waals surface area (Å²) in [6.45, 7) is 1.88. The smallest absolute Gasteiger partial charge is 0.203 e. The van der Waals surface area contributed by atoms with E-state index in [1.54, 1.807) is 6.07 Å². The predicted molar refractivity (Wildman–Crippen MR) is 64.8 cm³/mol. The van der Waals surface area contributed by atoms with Gasteiger partial charge < -0.3 is 10.5 Å². The average molecular weight is 256 g/mol. The summed E-state index contributed by atoms with van der Waals surface area (Å²) in [6, 6.07) is 7.30. The first-order valence-corrected chi connectivity index (χ1v) is 5.86. The second-order valence-electron chi connectivity index (χ2n) is 3.17. The SMILES string of the molecule is C[C@@H](Oc1ccccc1Cl)c1nnc(N)s1. The first-order chi connectivity index (χ1) is 7.66. The molecule has 0 bridgehead atoms. The Balaban J connectivity index is 2.13. The Kier molecular flexibility index (Phi) is 3.26. The molecule has 0 saturated carbocycles. The van der Waals surface area contributed by atoms with Crippen molar-refractivity contribution in [1.29, 1.82) is 0 Å². The Labute approximate surface area is 102 Å². The third-order valence-electron chi connectivity index (χ3n) is 1.94. The lowest BCUT2D eigenvalue weighted by Gasteiger charge is -2.12. The number of nitrogens with zero attached hydrogens (tertiary/aromatic N) is 2. The molecule has 84 valence electrons. The van der Waals surface area contributed by atoms with Crippen LogP contribution in [-0.2, 0) is 0 Å². The van der Waals surface area contributed by atoms with E-state index in [1.165, 1.54) is 11.3 Å². The normalized spacial score (nSPS) is 12.4. The van der Waals surface area contributed by atoms with Gasteiger partial charge in [-0.05, 0) is 19.1 Å². The lowest BCUT2D eigenvalue weighted by molar-refractivity contribution is 0.225. The summed E-state index contributed by atoms with van der Waals surface area (Å²) in [7, 11) is 0. The van der Waals surface area contributed by atoms with E-state index in [1.807, 2.05) is 25.1 Å². The van der Waals surface area contributed by atoms with E-state index < -0.39 is 0 Å². The van der Waals surface area contributed by atoms with Gasteiger partial charge in [0.15, 0.2) is 5.01 Å². The molecule has 0 aliphatic heterocycles. The maximum absolute atomic E-state index is 5.98. The van der Waals surface area contributed by atoms with Crippen LogP contribution in [0.3, 0.4) is 0 Å². The topological polar surface area (TPSA) is 61.0 Å². The number of nitrogens with two attached hydrogens (primary N) is 1. The Morgan fingerprint density at radius 1 is 1.38 bits per heavy atom. The zero-order valence-electron chi connectivity index (χ0n) is 8.55. The molecule has 2 N–H and O–H groups in total. The van der Waals surface area contributed by atoms with E-state index in [2.05, 4.69) is 10.2 Å². The summed E-state index contributed by atoms with van der Waals surface area (Å²) in [5.74, 6) is 0.630. The molecule has 1 atom stereocenters. The van der Waals surface area contributed by atoms with Gasteiger partial charge in [0, 0.05) is 0 Å². The predicted octanol–water partition coefficient (Wildman–Crippen LogP) is 2.91. The summed E-state index contributed by atoms with van der Waals surface area (Å²) in [4.78, 5) is 0. The van der Waals surface area contributed by atoms with Crippen molar-refractivity contribution in [2.45, 2.75) is 13.0 Å². The van der Waals surface area contributed by atoms with Crippen molar-refractivity contribution in [3.8, 4) is 5.75 Å². The Bertz CT molecular complexity index is 488. The van der Waals surface area contributed by atoms with Gasteiger partial charge in [0.25, 0.3) is 0 Å². The molecule has 6 heteroatoms. The molecule has 0 fully saturated rings. The third kappa shape index (κ3) is 2.43. The Morgan fingerprint density at radius 3 is 2.75 bits per heavy atom. The molecule has 1 heterocycles. The molecule has 1 aromatic heterocycles. The highest BCUT2D eigenvalue weighted by atomic mass is 35.5. The number of hydrogen-bond donors (Lipinski definition) is 1. The highest BCUT2D eigenvalue weighted by Crippen LogP contribution is 2.29. The van der Waals surface area contributed by atoms with Gasteiger partial charge in [0.05, 0.1) is 5.02 Å². The van der Waals surface area contributed by atoms with Crippen LogP contribution in [0.5, 0.6) is 5.75 Å². The molecule has 0 spiro atoms. The number of rotatable bonds is 3. The number of nitrogen functional groups attached to an aromatic ring is 1. The molecular weight excluding hydrogens is 246 g/mol. The first kappa shape index (κ1) is 11.2. The number of ether oxygens (including phenoxy) is 1. The number of halogens is 1. The second-order valence-corrected chi connectivity index (χ2v) is 4.62. The summed E-state index contributed by atoms with van der Waals surface area (Å²) in [5, 5.41) is 9.40. The fraction of sp³-hybridized carbons (Fsp3) is 0.200. The maximum Gasteiger partial charge on any atom is 0.203 e. The van der Waals surface area contributed by atoms with Crippen LogP contribution in [-0.4, -0.2) is 10.2 Å². The molecule has 0 unspecified atom stereocenters. The number of hydrogen-bond acceptors (Lipinski definition) is 5. The zero-order chi connectivity index (χ0) is 11.5. The van der Waals surface area contributed by atoms with Gasteiger partial charge in [0.2, 0.25) is 5.13 Å². The van der Waals surface area contributed by atoms with Crippen LogP contribution < -0.4 is 10.5 Å². The van der Waals surface area contributed by atoms with E-state index >= 15 is 0 Å². The van der Waals surface area contributed by atoms with Gasteiger partial charge in [-0.3, -0.25) is 0 Å². The van der Waals surface area contributed by atoms with Gasteiger partial charge >= 0.3 is 0 Å². The maximum atomic E-state index is 5.98. The van der Waals surface area contributed by atoms with E-state index in [-0.39, 0.29) is 6.10 Å². The first-order valence-electron chi connectivity index (χ1n) is 4.67. The van der Waals surface area contributed by atoms with Crippen molar-refractivity contribution in [2.75, 3.05) is 5.73 Å². The van der Waals surface area contributed by atoms with Gasteiger partial charge in [-0.2, -0.15) is 0 Å². The summed E-state index contributed by atoms with van der Waals surface area (Å²) in [6.07, 6.45) is -0.213. The van der Waals surface area contributed by atoms with Gasteiger partial charge in [-0.25, -0.2) is 0 Å². The lowest BCUT2D eigenvalue weighted by atomic mass is 10.3. The van der Waals surface area contributed by atoms with Crippen LogP contribution in [0.15, 0.2) is 24.3 Å². The van der Waals surface area contributed by atoms with Gasteiger partial charge in [-0.1, -0.05) is 35.1 Å². The van der Waals surface area contributed by atoms with Gasteiger partial charge in [-0.15, -0.1) is 10.2 Å². The Morgan fingerprint density at radius 2 is 2.12 bits per heavy atom. The lowest BCUT2D eigenvalue weighted by Crippen LogP contribution is -2.02. The summed E-state index contributed by atoms with van der Waals surface area (Å²) >= 11 is 7.29. The summed E-state index contributed by atoms with van der Waals surface area (Å²) < 4.78 is 5.66. The highest BCUT2D eigenvalue weighted by molar-refractivity contribution is 7.15. The molecule has 0 aliphatic rings. The van der Waals surface area contributed by atoms with Crippen molar-refractivity contribution in [3.05, 3.63) is 34.3 Å². The standard InChI is InChI=1S/C10H10ClN3OS/c1-6(9-13-14-10(12)16-9)15-8-5-3-2-4-7(8)11/h2-6H,1H3,(H2,12,14)/t6-/m1/s1. The highest BCUT2D eigenvalue weighted by Gasteiger charge is 2.13. The fourth-order valence-corrected chi connectivity index (χ4v) is 1.96.